The van der Waals surface area contributed by atoms with E-state index in [4.69, 9.17) is 21.2 Å². The maximum atomic E-state index is 13.3. The van der Waals surface area contributed by atoms with Gasteiger partial charge in [-0.15, -0.1) is 0 Å². The standard InChI is InChI=1S/C38H47N9O4/c1-22(2)32(39)36(48)46-16-6-7-30(46)35-42-27-15-12-25(19-28(27)43-35)9-8-24-10-13-26(14-11-24)29-20-41-34(44-29)31-21-45(38(50)51-5)17-18-47(31)37(49)33(40)23(3)4/h10-15,19-20,22-23,30-33H,6-7,16-18,21,39-40H2,1-5H3,(H,41,44)(H,42,43)/t30-,31-,32-,33-/m0/s1. The molecule has 13 nitrogen and oxygen atoms in total. The van der Waals surface area contributed by atoms with Crippen LogP contribution in [0.25, 0.3) is 22.3 Å². The molecule has 0 aliphatic carbocycles. The maximum absolute atomic E-state index is 13.3. The van der Waals surface area contributed by atoms with Crippen LogP contribution in [0.5, 0.6) is 0 Å². The lowest BCUT2D eigenvalue weighted by atomic mass is 10.0. The van der Waals surface area contributed by atoms with Gasteiger partial charge in [0.25, 0.3) is 0 Å². The highest BCUT2D eigenvalue weighted by molar-refractivity contribution is 5.83. The molecule has 3 amide bonds. The van der Waals surface area contributed by atoms with Crippen molar-refractivity contribution in [3.8, 4) is 23.1 Å². The molecule has 13 heteroatoms. The van der Waals surface area contributed by atoms with Crippen molar-refractivity contribution >= 4 is 28.9 Å². The number of hydrogen-bond acceptors (Lipinski definition) is 8. The van der Waals surface area contributed by atoms with Crippen LogP contribution in [0.2, 0.25) is 0 Å². The number of fused-ring (bicyclic) bond motifs is 1. The monoisotopic (exact) mass is 693 g/mol. The number of likely N-dealkylation sites (tertiary alicyclic amines) is 1. The molecule has 2 aliphatic heterocycles. The second kappa shape index (κ2) is 15.0. The molecule has 2 saturated heterocycles. The summed E-state index contributed by atoms with van der Waals surface area (Å²) in [6.07, 6.45) is 3.04. The van der Waals surface area contributed by atoms with Crippen LogP contribution >= 0.6 is 0 Å². The van der Waals surface area contributed by atoms with Gasteiger partial charge < -0.3 is 40.9 Å². The number of piperazine rings is 1. The van der Waals surface area contributed by atoms with E-state index in [0.29, 0.717) is 25.5 Å². The Hall–Kier alpha value is -5.19. The van der Waals surface area contributed by atoms with Crippen molar-refractivity contribution in [1.82, 2.24) is 34.6 Å². The Balaban J connectivity index is 1.16. The van der Waals surface area contributed by atoms with Crippen LogP contribution in [0.15, 0.2) is 48.7 Å². The second-order valence-corrected chi connectivity index (χ2v) is 14.1. The molecule has 2 fully saturated rings. The molecule has 268 valence electrons. The highest BCUT2D eigenvalue weighted by atomic mass is 16.5. The molecule has 0 spiro atoms. The molecule has 6 rings (SSSR count). The molecular weight excluding hydrogens is 646 g/mol. The lowest BCUT2D eigenvalue weighted by Crippen LogP contribution is -2.56. The van der Waals surface area contributed by atoms with Gasteiger partial charge >= 0.3 is 6.09 Å². The molecule has 0 bridgehead atoms. The molecule has 2 aliphatic rings. The summed E-state index contributed by atoms with van der Waals surface area (Å²) in [5, 5.41) is 0. The maximum Gasteiger partial charge on any atom is 0.409 e. The third-order valence-electron chi connectivity index (χ3n) is 9.91. The highest BCUT2D eigenvalue weighted by Gasteiger charge is 2.38. The summed E-state index contributed by atoms with van der Waals surface area (Å²) in [6, 6.07) is 11.9. The van der Waals surface area contributed by atoms with Gasteiger partial charge in [-0.1, -0.05) is 51.7 Å². The van der Waals surface area contributed by atoms with Gasteiger partial charge in [0.05, 0.1) is 54.7 Å². The van der Waals surface area contributed by atoms with E-state index in [9.17, 15) is 14.4 Å². The average molecular weight is 694 g/mol. The third-order valence-corrected chi connectivity index (χ3v) is 9.91. The number of benzene rings is 2. The zero-order chi connectivity index (χ0) is 36.4. The summed E-state index contributed by atoms with van der Waals surface area (Å²) < 4.78 is 4.95. The van der Waals surface area contributed by atoms with Gasteiger partial charge in [-0.2, -0.15) is 0 Å². The fraction of sp³-hybridized carbons (Fsp3) is 0.447. The van der Waals surface area contributed by atoms with Crippen molar-refractivity contribution in [1.29, 1.82) is 0 Å². The fourth-order valence-corrected chi connectivity index (χ4v) is 6.64. The van der Waals surface area contributed by atoms with Crippen LogP contribution in [0.4, 0.5) is 4.79 Å². The number of nitrogens with one attached hydrogen (secondary N) is 2. The Morgan fingerprint density at radius 1 is 0.843 bits per heavy atom. The largest absolute Gasteiger partial charge is 0.453 e. The third kappa shape index (κ3) is 7.48. The van der Waals surface area contributed by atoms with E-state index in [1.165, 1.54) is 7.11 Å². The fourth-order valence-electron chi connectivity index (χ4n) is 6.64. The summed E-state index contributed by atoms with van der Waals surface area (Å²) in [7, 11) is 1.34. The molecule has 6 N–H and O–H groups in total. The Morgan fingerprint density at radius 3 is 2.16 bits per heavy atom. The minimum absolute atomic E-state index is 0.0277. The van der Waals surface area contributed by atoms with Crippen molar-refractivity contribution < 1.29 is 19.1 Å². The van der Waals surface area contributed by atoms with Crippen LogP contribution in [-0.2, 0) is 14.3 Å². The molecule has 51 heavy (non-hydrogen) atoms. The molecule has 2 aromatic carbocycles. The number of nitrogens with two attached hydrogens (primary N) is 2. The lowest BCUT2D eigenvalue weighted by molar-refractivity contribution is -0.138. The number of ether oxygens (including phenoxy) is 1. The molecular formula is C38H47N9O4. The van der Waals surface area contributed by atoms with E-state index in [2.05, 4.69) is 26.8 Å². The number of rotatable bonds is 7. The predicted octanol–water partition coefficient (Wildman–Crippen LogP) is 3.93. The first-order valence-corrected chi connectivity index (χ1v) is 17.6. The zero-order valence-electron chi connectivity index (χ0n) is 29.8. The summed E-state index contributed by atoms with van der Waals surface area (Å²) in [6.45, 7) is 9.35. The molecule has 0 unspecified atom stereocenters. The van der Waals surface area contributed by atoms with Gasteiger partial charge in [0.2, 0.25) is 11.8 Å². The zero-order valence-corrected chi connectivity index (χ0v) is 29.8. The van der Waals surface area contributed by atoms with Crippen molar-refractivity contribution in [2.45, 2.75) is 64.7 Å². The predicted molar refractivity (Wildman–Crippen MR) is 194 cm³/mol. The SMILES string of the molecule is COC(=O)N1CCN(C(=O)[C@@H](N)C(C)C)[C@H](c2ncc(-c3ccc(C#Cc4ccc5nc([C@@H]6CCCN6C(=O)[C@@H](N)C(C)C)[nH]c5c4)cc3)[nH]2)C1. The van der Waals surface area contributed by atoms with E-state index >= 15 is 0 Å². The Bertz CT molecular complexity index is 1950. The first-order valence-electron chi connectivity index (χ1n) is 17.6. The minimum Gasteiger partial charge on any atom is -0.453 e. The average Bonchev–Trinajstić information content (AvgIpc) is 3.92. The summed E-state index contributed by atoms with van der Waals surface area (Å²) in [4.78, 5) is 60.1. The first kappa shape index (κ1) is 35.6. The summed E-state index contributed by atoms with van der Waals surface area (Å²) in [5.41, 5.74) is 17.5. The van der Waals surface area contributed by atoms with E-state index in [0.717, 1.165) is 52.1 Å². The van der Waals surface area contributed by atoms with Crippen LogP contribution in [0.3, 0.4) is 0 Å². The first-order chi connectivity index (χ1) is 24.4. The summed E-state index contributed by atoms with van der Waals surface area (Å²) in [5.74, 6) is 7.67. The summed E-state index contributed by atoms with van der Waals surface area (Å²) >= 11 is 0. The van der Waals surface area contributed by atoms with Crippen LogP contribution in [-0.4, -0.2) is 97.9 Å². The van der Waals surface area contributed by atoms with Gasteiger partial charge in [0.1, 0.15) is 17.7 Å². The number of carbonyl (C=O) groups excluding carboxylic acids is 3. The van der Waals surface area contributed by atoms with Crippen LogP contribution < -0.4 is 11.5 Å². The number of nitrogens with zero attached hydrogens (tertiary/aromatic N) is 5. The molecule has 4 aromatic rings. The Labute approximate surface area is 298 Å². The molecule has 4 heterocycles. The van der Waals surface area contributed by atoms with Crippen molar-refractivity contribution in [3.63, 3.8) is 0 Å². The van der Waals surface area contributed by atoms with Crippen molar-refractivity contribution in [2.24, 2.45) is 23.3 Å². The number of aromatic nitrogens is 4. The molecule has 0 radical (unpaired) electrons. The van der Waals surface area contributed by atoms with E-state index < -0.39 is 24.2 Å². The Kier molecular flexibility index (Phi) is 10.5. The topological polar surface area (TPSA) is 180 Å². The van der Waals surface area contributed by atoms with Gasteiger partial charge in [-0.3, -0.25) is 9.59 Å². The minimum atomic E-state index is -0.659. The number of amides is 3. The van der Waals surface area contributed by atoms with E-state index in [1.54, 1.807) is 16.0 Å². The van der Waals surface area contributed by atoms with Gasteiger partial charge in [-0.05, 0) is 60.6 Å². The van der Waals surface area contributed by atoms with Crippen molar-refractivity contribution in [2.75, 3.05) is 33.3 Å². The van der Waals surface area contributed by atoms with Gasteiger partial charge in [0.15, 0.2) is 0 Å². The van der Waals surface area contributed by atoms with Crippen LogP contribution in [0, 0.1) is 23.7 Å². The van der Waals surface area contributed by atoms with Gasteiger partial charge in [0, 0.05) is 30.8 Å². The quantitative estimate of drug-likeness (QED) is 0.210. The van der Waals surface area contributed by atoms with Crippen molar-refractivity contribution in [3.05, 3.63) is 71.4 Å². The van der Waals surface area contributed by atoms with Crippen LogP contribution in [0.1, 0.15) is 75.4 Å². The van der Waals surface area contributed by atoms with Gasteiger partial charge in [-0.25, -0.2) is 14.8 Å². The molecule has 2 aromatic heterocycles. The number of imidazole rings is 2. The number of hydrogen-bond donors (Lipinski definition) is 4. The lowest BCUT2D eigenvalue weighted by Gasteiger charge is -2.41. The smallest absolute Gasteiger partial charge is 0.409 e. The Morgan fingerprint density at radius 2 is 1.49 bits per heavy atom. The van der Waals surface area contributed by atoms with E-state index in [-0.39, 0.29) is 36.2 Å². The number of aromatic amines is 2. The molecule has 4 atom stereocenters. The number of methoxy groups -OCH3 is 1. The normalized spacial score (nSPS) is 19.0. The van der Waals surface area contributed by atoms with E-state index in [1.807, 2.05) is 75.1 Å². The number of H-pyrrole nitrogens is 2. The highest BCUT2D eigenvalue weighted by Crippen LogP contribution is 2.33. The second-order valence-electron chi connectivity index (χ2n) is 14.1. The number of carbonyl (C=O) groups is 3. The molecule has 0 saturated carbocycles.